The van der Waals surface area contributed by atoms with E-state index in [1.54, 1.807) is 19.1 Å². The Morgan fingerprint density at radius 2 is 2.25 bits per heavy atom. The third-order valence-electron chi connectivity index (χ3n) is 2.81. The monoisotopic (exact) mass is 273 g/mol. The van der Waals surface area contributed by atoms with Gasteiger partial charge in [0.25, 0.3) is 11.6 Å². The second-order valence-corrected chi connectivity index (χ2v) is 4.20. The van der Waals surface area contributed by atoms with E-state index in [0.717, 1.165) is 0 Å². The third kappa shape index (κ3) is 2.52. The van der Waals surface area contributed by atoms with Crippen molar-refractivity contribution in [3.8, 4) is 12.1 Å². The van der Waals surface area contributed by atoms with Crippen molar-refractivity contribution in [2.24, 2.45) is 0 Å². The summed E-state index contributed by atoms with van der Waals surface area (Å²) in [6.45, 7) is 1.63. The smallest absolute Gasteiger partial charge is 0.299 e. The minimum Gasteiger partial charge on any atom is -0.468 e. The molecule has 0 amide bonds. The quantitative estimate of drug-likeness (QED) is 0.852. The highest BCUT2D eigenvalue weighted by Gasteiger charge is 2.12. The number of rotatable bonds is 3. The number of methoxy groups -OCH3 is 1. The molecular weight excluding hydrogens is 261 g/mol. The standard InChI is InChI=1S/C14H12FN3O2/c1-9-6-12(19)18(14(17-9)20-2)8-11-5-3-4-10(7-16)13(11)15/h3-6H,8H2,1-2H3. The average Bonchev–Trinajstić information content (AvgIpc) is 2.43. The molecule has 0 fully saturated rings. The first-order chi connectivity index (χ1) is 9.56. The van der Waals surface area contributed by atoms with Gasteiger partial charge in [-0.3, -0.25) is 9.36 Å². The van der Waals surface area contributed by atoms with Gasteiger partial charge in [0.15, 0.2) is 0 Å². The molecule has 0 saturated heterocycles. The van der Waals surface area contributed by atoms with Crippen LogP contribution in [0, 0.1) is 24.1 Å². The van der Waals surface area contributed by atoms with E-state index < -0.39 is 5.82 Å². The molecule has 1 aromatic carbocycles. The van der Waals surface area contributed by atoms with Crippen LogP contribution in [0.3, 0.4) is 0 Å². The van der Waals surface area contributed by atoms with Crippen LogP contribution in [0.4, 0.5) is 4.39 Å². The molecule has 1 heterocycles. The summed E-state index contributed by atoms with van der Waals surface area (Å²) in [6, 6.07) is 7.68. The van der Waals surface area contributed by atoms with Gasteiger partial charge in [-0.2, -0.15) is 5.26 Å². The number of halogens is 1. The van der Waals surface area contributed by atoms with Crippen molar-refractivity contribution in [1.29, 1.82) is 5.26 Å². The summed E-state index contributed by atoms with van der Waals surface area (Å²) in [5.74, 6) is -0.635. The number of aromatic nitrogens is 2. The lowest BCUT2D eigenvalue weighted by Gasteiger charge is -2.11. The number of ether oxygens (including phenoxy) is 1. The molecule has 6 heteroatoms. The zero-order valence-electron chi connectivity index (χ0n) is 11.1. The molecule has 0 spiro atoms. The molecule has 0 aliphatic rings. The molecule has 0 aliphatic heterocycles. The summed E-state index contributed by atoms with van der Waals surface area (Å²) in [6.07, 6.45) is 0. The molecule has 0 saturated carbocycles. The molecule has 0 bridgehead atoms. The van der Waals surface area contributed by atoms with Crippen molar-refractivity contribution < 1.29 is 9.13 Å². The van der Waals surface area contributed by atoms with Gasteiger partial charge in [0.2, 0.25) is 0 Å². The molecule has 20 heavy (non-hydrogen) atoms. The summed E-state index contributed by atoms with van der Waals surface area (Å²) in [5, 5.41) is 8.81. The van der Waals surface area contributed by atoms with Gasteiger partial charge in [-0.25, -0.2) is 9.37 Å². The molecule has 0 unspecified atom stereocenters. The van der Waals surface area contributed by atoms with Crippen molar-refractivity contribution in [3.63, 3.8) is 0 Å². The summed E-state index contributed by atoms with van der Waals surface area (Å²) < 4.78 is 20.3. The highest BCUT2D eigenvalue weighted by Crippen LogP contribution is 2.15. The summed E-state index contributed by atoms with van der Waals surface area (Å²) >= 11 is 0. The van der Waals surface area contributed by atoms with E-state index in [1.165, 1.54) is 29.9 Å². The maximum Gasteiger partial charge on any atom is 0.299 e. The molecular formula is C14H12FN3O2. The normalized spacial score (nSPS) is 10.1. The van der Waals surface area contributed by atoms with Crippen molar-refractivity contribution in [2.45, 2.75) is 13.5 Å². The fourth-order valence-corrected chi connectivity index (χ4v) is 1.85. The van der Waals surface area contributed by atoms with Crippen LogP contribution in [0.15, 0.2) is 29.1 Å². The number of hydrogen-bond donors (Lipinski definition) is 0. The largest absolute Gasteiger partial charge is 0.468 e. The van der Waals surface area contributed by atoms with E-state index in [9.17, 15) is 9.18 Å². The van der Waals surface area contributed by atoms with E-state index in [-0.39, 0.29) is 29.2 Å². The molecule has 0 atom stereocenters. The Balaban J connectivity index is 2.51. The maximum atomic E-state index is 14.0. The highest BCUT2D eigenvalue weighted by molar-refractivity contribution is 5.35. The van der Waals surface area contributed by atoms with Gasteiger partial charge in [0, 0.05) is 17.3 Å². The van der Waals surface area contributed by atoms with Crippen LogP contribution in [0.2, 0.25) is 0 Å². The molecule has 0 N–H and O–H groups in total. The van der Waals surface area contributed by atoms with Crippen LogP contribution in [0.1, 0.15) is 16.8 Å². The van der Waals surface area contributed by atoms with E-state index >= 15 is 0 Å². The molecule has 0 radical (unpaired) electrons. The lowest BCUT2D eigenvalue weighted by atomic mass is 10.1. The lowest BCUT2D eigenvalue weighted by molar-refractivity contribution is 0.349. The Labute approximate surface area is 114 Å². The van der Waals surface area contributed by atoms with Crippen LogP contribution in [0.5, 0.6) is 6.01 Å². The molecule has 1 aromatic heterocycles. The molecule has 5 nitrogen and oxygen atoms in total. The zero-order valence-corrected chi connectivity index (χ0v) is 11.1. The fraction of sp³-hybridized carbons (Fsp3) is 0.214. The SMILES string of the molecule is COc1nc(C)cc(=O)n1Cc1cccc(C#N)c1F. The zero-order chi connectivity index (χ0) is 14.7. The Morgan fingerprint density at radius 3 is 2.90 bits per heavy atom. The van der Waals surface area contributed by atoms with Gasteiger partial charge in [-0.05, 0) is 13.0 Å². The Bertz CT molecular complexity index is 747. The molecule has 102 valence electrons. The van der Waals surface area contributed by atoms with Gasteiger partial charge < -0.3 is 4.74 Å². The van der Waals surface area contributed by atoms with Gasteiger partial charge in [0.05, 0.1) is 19.2 Å². The first-order valence-corrected chi connectivity index (χ1v) is 5.86. The van der Waals surface area contributed by atoms with Gasteiger partial charge in [0.1, 0.15) is 11.9 Å². The van der Waals surface area contributed by atoms with Gasteiger partial charge >= 0.3 is 0 Å². The van der Waals surface area contributed by atoms with E-state index in [1.807, 2.05) is 0 Å². The number of benzene rings is 1. The van der Waals surface area contributed by atoms with E-state index in [2.05, 4.69) is 4.98 Å². The van der Waals surface area contributed by atoms with Gasteiger partial charge in [-0.15, -0.1) is 0 Å². The third-order valence-corrected chi connectivity index (χ3v) is 2.81. The summed E-state index contributed by atoms with van der Waals surface area (Å²) in [4.78, 5) is 16.0. The predicted octanol–water partition coefficient (Wildman–Crippen LogP) is 1.62. The van der Waals surface area contributed by atoms with Crippen LogP contribution in [-0.4, -0.2) is 16.7 Å². The van der Waals surface area contributed by atoms with Crippen molar-refractivity contribution in [3.05, 3.63) is 57.3 Å². The van der Waals surface area contributed by atoms with Crippen molar-refractivity contribution in [1.82, 2.24) is 9.55 Å². The Kier molecular flexibility index (Phi) is 3.80. The Morgan fingerprint density at radius 1 is 1.50 bits per heavy atom. The first kappa shape index (κ1) is 13.7. The Hall–Kier alpha value is -2.68. The first-order valence-electron chi connectivity index (χ1n) is 5.86. The molecule has 2 rings (SSSR count). The number of nitriles is 1. The number of aryl methyl sites for hydroxylation is 1. The van der Waals surface area contributed by atoms with Crippen LogP contribution in [0.25, 0.3) is 0 Å². The summed E-state index contributed by atoms with van der Waals surface area (Å²) in [5.41, 5.74) is 0.357. The number of hydrogen-bond acceptors (Lipinski definition) is 4. The van der Waals surface area contributed by atoms with Crippen molar-refractivity contribution in [2.75, 3.05) is 7.11 Å². The lowest BCUT2D eigenvalue weighted by Crippen LogP contribution is -2.23. The van der Waals surface area contributed by atoms with Crippen LogP contribution in [-0.2, 0) is 6.54 Å². The molecule has 0 aliphatic carbocycles. The van der Waals surface area contributed by atoms with Crippen LogP contribution < -0.4 is 10.3 Å². The predicted molar refractivity (Wildman–Crippen MR) is 70.0 cm³/mol. The highest BCUT2D eigenvalue weighted by atomic mass is 19.1. The fourth-order valence-electron chi connectivity index (χ4n) is 1.85. The maximum absolute atomic E-state index is 14.0. The topological polar surface area (TPSA) is 67.9 Å². The molecule has 2 aromatic rings. The van der Waals surface area contributed by atoms with E-state index in [4.69, 9.17) is 10.00 Å². The van der Waals surface area contributed by atoms with E-state index in [0.29, 0.717) is 5.69 Å². The second-order valence-electron chi connectivity index (χ2n) is 4.20. The van der Waals surface area contributed by atoms with Gasteiger partial charge in [-0.1, -0.05) is 12.1 Å². The number of nitrogens with zero attached hydrogens (tertiary/aromatic N) is 3. The average molecular weight is 273 g/mol. The minimum atomic E-state index is -0.635. The minimum absolute atomic E-state index is 0.0450. The summed E-state index contributed by atoms with van der Waals surface area (Å²) in [7, 11) is 1.39. The van der Waals surface area contributed by atoms with Crippen LogP contribution >= 0.6 is 0 Å². The van der Waals surface area contributed by atoms with Crippen molar-refractivity contribution >= 4 is 0 Å². The second kappa shape index (κ2) is 5.53.